The van der Waals surface area contributed by atoms with Crippen molar-refractivity contribution in [2.45, 2.75) is 32.2 Å². The number of rotatable bonds is 3. The molecular formula is C14H28NO3Ti-. The van der Waals surface area contributed by atoms with E-state index >= 15 is 0 Å². The van der Waals surface area contributed by atoms with Crippen LogP contribution in [-0.4, -0.2) is 36.6 Å². The summed E-state index contributed by atoms with van der Waals surface area (Å²) in [5.74, 6) is 0. The third-order valence-electron chi connectivity index (χ3n) is 2.53. The molecule has 0 aromatic heterocycles. The van der Waals surface area contributed by atoms with Crippen molar-refractivity contribution in [2.24, 2.45) is 0 Å². The van der Waals surface area contributed by atoms with Crippen LogP contribution in [0.25, 0.3) is 5.73 Å². The molecule has 1 rings (SSSR count). The molecule has 0 heterocycles. The largest absolute Gasteiger partial charge is 0.668 e. The molecule has 0 saturated heterocycles. The second kappa shape index (κ2) is 20.1. The van der Waals surface area contributed by atoms with E-state index in [0.29, 0.717) is 0 Å². The summed E-state index contributed by atoms with van der Waals surface area (Å²) in [7, 11) is 3.00. The van der Waals surface area contributed by atoms with E-state index in [1.807, 2.05) is 30.3 Å². The molecule has 4 nitrogen and oxygen atoms in total. The maximum atomic E-state index is 8.16. The third kappa shape index (κ3) is 11.3. The zero-order valence-electron chi connectivity index (χ0n) is 12.6. The van der Waals surface area contributed by atoms with Gasteiger partial charge in [-0.15, -0.1) is 5.54 Å². The van der Waals surface area contributed by atoms with E-state index < -0.39 is 0 Å². The normalized spacial score (nSPS) is 8.26. The van der Waals surface area contributed by atoms with Crippen molar-refractivity contribution in [1.82, 2.24) is 0 Å². The van der Waals surface area contributed by atoms with Crippen LogP contribution in [0.15, 0.2) is 30.3 Å². The molecule has 5 heteroatoms. The molecule has 1 aromatic carbocycles. The van der Waals surface area contributed by atoms with Crippen molar-refractivity contribution < 1.29 is 37.0 Å². The van der Waals surface area contributed by atoms with Gasteiger partial charge < -0.3 is 21.1 Å². The Hall–Kier alpha value is -0.226. The van der Waals surface area contributed by atoms with Gasteiger partial charge in [-0.05, 0) is 0 Å². The van der Waals surface area contributed by atoms with E-state index in [0.717, 1.165) is 39.7 Å². The van der Waals surface area contributed by atoms with E-state index in [9.17, 15) is 0 Å². The van der Waals surface area contributed by atoms with E-state index in [4.69, 9.17) is 21.1 Å². The second-order valence-corrected chi connectivity index (χ2v) is 3.16. The van der Waals surface area contributed by atoms with Crippen molar-refractivity contribution in [3.8, 4) is 0 Å². The summed E-state index contributed by atoms with van der Waals surface area (Å²) >= 11 is 0. The van der Waals surface area contributed by atoms with Crippen LogP contribution in [0.5, 0.6) is 0 Å². The Labute approximate surface area is 132 Å². The van der Waals surface area contributed by atoms with Gasteiger partial charge in [0.25, 0.3) is 0 Å². The van der Waals surface area contributed by atoms with Crippen LogP contribution >= 0.6 is 0 Å². The molecule has 0 spiro atoms. The Morgan fingerprint density at radius 3 is 1.42 bits per heavy atom. The first kappa shape index (κ1) is 27.2. The molecule has 0 aliphatic heterocycles. The minimum atomic E-state index is -0.374. The van der Waals surface area contributed by atoms with Crippen molar-refractivity contribution in [3.63, 3.8) is 0 Å². The zero-order chi connectivity index (χ0) is 15.0. The summed E-state index contributed by atoms with van der Waals surface area (Å²) in [6, 6.07) is 10.1. The first-order valence-electron chi connectivity index (χ1n) is 5.87. The Balaban J connectivity index is -0.000000142. The number of hydrogen-bond acceptors (Lipinski definition) is 3. The average molecular weight is 306 g/mol. The SMILES string of the molecule is CCC([NH-])(CC)c1ccccc1.CO.CO.CO.[Ti]. The van der Waals surface area contributed by atoms with Crippen molar-refractivity contribution in [3.05, 3.63) is 41.6 Å². The van der Waals surface area contributed by atoms with Gasteiger partial charge >= 0.3 is 0 Å². The van der Waals surface area contributed by atoms with Gasteiger partial charge in [-0.3, -0.25) is 0 Å². The van der Waals surface area contributed by atoms with Gasteiger partial charge in [0.15, 0.2) is 0 Å². The summed E-state index contributed by atoms with van der Waals surface area (Å²) in [5, 5.41) is 21.0. The predicted octanol–water partition coefficient (Wildman–Crippen LogP) is 2.58. The Morgan fingerprint density at radius 1 is 0.842 bits per heavy atom. The average Bonchev–Trinajstić information content (AvgIpc) is 2.53. The van der Waals surface area contributed by atoms with Crippen LogP contribution in [0.2, 0.25) is 0 Å². The van der Waals surface area contributed by atoms with Crippen LogP contribution in [0, 0.1) is 0 Å². The Morgan fingerprint density at radius 2 is 1.16 bits per heavy atom. The fourth-order valence-electron chi connectivity index (χ4n) is 1.42. The van der Waals surface area contributed by atoms with E-state index in [1.54, 1.807) is 0 Å². The second-order valence-electron chi connectivity index (χ2n) is 3.16. The maximum Gasteiger partial charge on any atom is 0.0319 e. The van der Waals surface area contributed by atoms with Crippen molar-refractivity contribution in [1.29, 1.82) is 0 Å². The molecule has 0 bridgehead atoms. The molecule has 0 radical (unpaired) electrons. The molecule has 19 heavy (non-hydrogen) atoms. The van der Waals surface area contributed by atoms with Gasteiger partial charge in [-0.25, -0.2) is 0 Å². The molecule has 1 aromatic rings. The molecule has 0 saturated carbocycles. The van der Waals surface area contributed by atoms with Gasteiger partial charge in [0.05, 0.1) is 0 Å². The smallest absolute Gasteiger partial charge is 0.0319 e. The molecule has 0 fully saturated rings. The van der Waals surface area contributed by atoms with Crippen molar-refractivity contribution in [2.75, 3.05) is 21.3 Å². The number of aliphatic hydroxyl groups excluding tert-OH is 3. The molecule has 4 N–H and O–H groups in total. The van der Waals surface area contributed by atoms with Crippen molar-refractivity contribution >= 4 is 0 Å². The van der Waals surface area contributed by atoms with Gasteiger partial charge in [-0.1, -0.05) is 62.6 Å². The topological polar surface area (TPSA) is 84.5 Å². The molecule has 0 unspecified atom stereocenters. The number of aliphatic hydroxyl groups is 3. The van der Waals surface area contributed by atoms with Crippen LogP contribution < -0.4 is 0 Å². The minimum Gasteiger partial charge on any atom is -0.668 e. The van der Waals surface area contributed by atoms with Crippen LogP contribution in [-0.2, 0) is 27.3 Å². The first-order valence-corrected chi connectivity index (χ1v) is 5.87. The van der Waals surface area contributed by atoms with Gasteiger partial charge in [0.1, 0.15) is 0 Å². The molecule has 0 aliphatic carbocycles. The summed E-state index contributed by atoms with van der Waals surface area (Å²) in [6.45, 7) is 4.15. The fraction of sp³-hybridized carbons (Fsp3) is 0.571. The van der Waals surface area contributed by atoms with Crippen LogP contribution in [0.3, 0.4) is 0 Å². The zero-order valence-corrected chi connectivity index (χ0v) is 14.2. The number of nitrogens with one attached hydrogen (secondary N) is 1. The summed E-state index contributed by atoms with van der Waals surface area (Å²) in [5.41, 5.74) is 8.92. The van der Waals surface area contributed by atoms with Gasteiger partial charge in [-0.2, -0.15) is 0 Å². The van der Waals surface area contributed by atoms with Crippen LogP contribution in [0.1, 0.15) is 32.3 Å². The van der Waals surface area contributed by atoms with Gasteiger partial charge in [0.2, 0.25) is 0 Å². The monoisotopic (exact) mass is 306 g/mol. The number of hydrogen-bond donors (Lipinski definition) is 3. The molecular weight excluding hydrogens is 278 g/mol. The predicted molar refractivity (Wildman–Crippen MR) is 77.5 cm³/mol. The third-order valence-corrected chi connectivity index (χ3v) is 2.53. The molecule has 0 atom stereocenters. The number of benzene rings is 1. The van der Waals surface area contributed by atoms with Crippen LogP contribution in [0.4, 0.5) is 0 Å². The Kier molecular flexibility index (Phi) is 28.7. The summed E-state index contributed by atoms with van der Waals surface area (Å²) in [4.78, 5) is 0. The molecule has 0 aliphatic rings. The maximum absolute atomic E-state index is 8.16. The first-order chi connectivity index (χ1) is 8.73. The fourth-order valence-corrected chi connectivity index (χ4v) is 1.42. The van der Waals surface area contributed by atoms with E-state index in [2.05, 4.69) is 13.8 Å². The standard InChI is InChI=1S/C11H16N.3CH4O.Ti/c1-3-11(12,4-2)10-8-6-5-7-9-10;3*1-2;/h5-9,12H,3-4H2,1-2H3;3*2H,1H3;/q-1;;;;. The molecule has 112 valence electrons. The Bertz CT molecular complexity index is 242. The van der Waals surface area contributed by atoms with E-state index in [-0.39, 0.29) is 27.3 Å². The minimum absolute atomic E-state index is 0. The van der Waals surface area contributed by atoms with E-state index in [1.165, 1.54) is 0 Å². The van der Waals surface area contributed by atoms with Gasteiger partial charge in [0, 0.05) is 43.0 Å². The summed E-state index contributed by atoms with van der Waals surface area (Å²) in [6.07, 6.45) is 1.76. The summed E-state index contributed by atoms with van der Waals surface area (Å²) < 4.78 is 0. The quantitative estimate of drug-likeness (QED) is 0.750. The molecule has 0 amide bonds.